The zero-order chi connectivity index (χ0) is 14.7. The normalized spacial score (nSPS) is 12.4. The standard InChI is InChI=1S/C15H14Br2ClNO/c1-9(11-3-2-4-12(18)7-11)19-8-10-5-13(16)15(20)14(17)6-10/h2-7,9,19-20H,8H2,1H3/t9-/m1/s1. The highest BCUT2D eigenvalue weighted by atomic mass is 79.9. The van der Waals surface area contributed by atoms with Crippen molar-refractivity contribution in [2.24, 2.45) is 0 Å². The van der Waals surface area contributed by atoms with Crippen molar-refractivity contribution in [2.45, 2.75) is 19.5 Å². The number of halogens is 3. The second-order valence-electron chi connectivity index (χ2n) is 4.57. The van der Waals surface area contributed by atoms with Crippen molar-refractivity contribution in [1.29, 1.82) is 0 Å². The lowest BCUT2D eigenvalue weighted by molar-refractivity contribution is 0.467. The van der Waals surface area contributed by atoms with E-state index in [-0.39, 0.29) is 11.8 Å². The number of hydrogen-bond donors (Lipinski definition) is 2. The lowest BCUT2D eigenvalue weighted by Crippen LogP contribution is -2.18. The molecule has 0 bridgehead atoms. The highest BCUT2D eigenvalue weighted by Crippen LogP contribution is 2.33. The minimum Gasteiger partial charge on any atom is -0.506 e. The molecule has 0 amide bonds. The minimum absolute atomic E-state index is 0.194. The number of benzene rings is 2. The molecule has 0 aliphatic heterocycles. The van der Waals surface area contributed by atoms with Crippen LogP contribution >= 0.6 is 43.5 Å². The number of phenolic OH excluding ortho intramolecular Hbond substituents is 1. The van der Waals surface area contributed by atoms with Gasteiger partial charge in [-0.2, -0.15) is 0 Å². The summed E-state index contributed by atoms with van der Waals surface area (Å²) in [7, 11) is 0. The van der Waals surface area contributed by atoms with E-state index in [9.17, 15) is 5.11 Å². The Bertz CT molecular complexity index is 596. The van der Waals surface area contributed by atoms with Gasteiger partial charge < -0.3 is 10.4 Å². The van der Waals surface area contributed by atoms with Gasteiger partial charge in [-0.15, -0.1) is 0 Å². The molecule has 5 heteroatoms. The Balaban J connectivity index is 2.05. The van der Waals surface area contributed by atoms with Gasteiger partial charge in [0.1, 0.15) is 5.75 Å². The van der Waals surface area contributed by atoms with Gasteiger partial charge in [0.15, 0.2) is 0 Å². The number of nitrogens with one attached hydrogen (secondary N) is 1. The van der Waals surface area contributed by atoms with Crippen molar-refractivity contribution in [3.8, 4) is 5.75 Å². The molecule has 0 aliphatic carbocycles. The van der Waals surface area contributed by atoms with E-state index in [1.165, 1.54) is 0 Å². The SMILES string of the molecule is C[C@@H](NCc1cc(Br)c(O)c(Br)c1)c1cccc(Cl)c1. The Morgan fingerprint density at radius 3 is 2.45 bits per heavy atom. The molecular weight excluding hydrogens is 405 g/mol. The zero-order valence-electron chi connectivity index (χ0n) is 10.8. The van der Waals surface area contributed by atoms with Crippen molar-refractivity contribution in [2.75, 3.05) is 0 Å². The summed E-state index contributed by atoms with van der Waals surface area (Å²) in [6.07, 6.45) is 0. The number of aromatic hydroxyl groups is 1. The van der Waals surface area contributed by atoms with Crippen LogP contribution in [0.15, 0.2) is 45.3 Å². The largest absolute Gasteiger partial charge is 0.506 e. The van der Waals surface area contributed by atoms with Gasteiger partial charge >= 0.3 is 0 Å². The van der Waals surface area contributed by atoms with Crippen molar-refractivity contribution in [3.05, 3.63) is 61.5 Å². The van der Waals surface area contributed by atoms with Crippen LogP contribution in [0.4, 0.5) is 0 Å². The van der Waals surface area contributed by atoms with Crippen LogP contribution in [0.5, 0.6) is 5.75 Å². The molecular formula is C15H14Br2ClNO. The third kappa shape index (κ3) is 3.98. The molecule has 0 fully saturated rings. The summed E-state index contributed by atoms with van der Waals surface area (Å²) in [6, 6.07) is 11.8. The maximum Gasteiger partial charge on any atom is 0.143 e. The molecule has 20 heavy (non-hydrogen) atoms. The average molecular weight is 420 g/mol. The number of phenols is 1. The summed E-state index contributed by atoms with van der Waals surface area (Å²) >= 11 is 12.7. The smallest absolute Gasteiger partial charge is 0.143 e. The van der Waals surface area contributed by atoms with Crippen LogP contribution in [-0.4, -0.2) is 5.11 Å². The molecule has 0 saturated carbocycles. The first kappa shape index (κ1) is 15.8. The van der Waals surface area contributed by atoms with Gasteiger partial charge in [-0.3, -0.25) is 0 Å². The molecule has 1 atom stereocenters. The van der Waals surface area contributed by atoms with Gasteiger partial charge in [-0.05, 0) is 74.2 Å². The molecule has 0 saturated heterocycles. The van der Waals surface area contributed by atoms with Crippen LogP contribution in [-0.2, 0) is 6.54 Å². The first-order valence-corrected chi connectivity index (χ1v) is 8.09. The van der Waals surface area contributed by atoms with E-state index >= 15 is 0 Å². The van der Waals surface area contributed by atoms with Crippen LogP contribution in [0.3, 0.4) is 0 Å². The monoisotopic (exact) mass is 417 g/mol. The molecule has 2 aromatic rings. The third-order valence-corrected chi connectivity index (χ3v) is 4.48. The van der Waals surface area contributed by atoms with Gasteiger partial charge in [-0.1, -0.05) is 23.7 Å². The Morgan fingerprint density at radius 2 is 1.85 bits per heavy atom. The van der Waals surface area contributed by atoms with Crippen LogP contribution in [0.2, 0.25) is 5.02 Å². The second-order valence-corrected chi connectivity index (χ2v) is 6.71. The van der Waals surface area contributed by atoms with Gasteiger partial charge in [0, 0.05) is 17.6 Å². The fourth-order valence-electron chi connectivity index (χ4n) is 1.88. The summed E-state index contributed by atoms with van der Waals surface area (Å²) in [4.78, 5) is 0. The molecule has 0 radical (unpaired) electrons. The van der Waals surface area contributed by atoms with E-state index in [4.69, 9.17) is 11.6 Å². The molecule has 0 aromatic heterocycles. The van der Waals surface area contributed by atoms with E-state index in [2.05, 4.69) is 44.1 Å². The summed E-state index contributed by atoms with van der Waals surface area (Å²) in [5, 5.41) is 13.9. The van der Waals surface area contributed by atoms with E-state index in [1.54, 1.807) is 0 Å². The molecule has 2 nitrogen and oxygen atoms in total. The van der Waals surface area contributed by atoms with Crippen LogP contribution in [0.1, 0.15) is 24.1 Å². The number of hydrogen-bond acceptors (Lipinski definition) is 2. The minimum atomic E-state index is 0.194. The summed E-state index contributed by atoms with van der Waals surface area (Å²) in [5.41, 5.74) is 2.23. The van der Waals surface area contributed by atoms with Crippen LogP contribution in [0.25, 0.3) is 0 Å². The molecule has 0 heterocycles. The Hall–Kier alpha value is -0.550. The highest BCUT2D eigenvalue weighted by molar-refractivity contribution is 9.11. The average Bonchev–Trinajstić information content (AvgIpc) is 2.42. The Labute approximate surface area is 140 Å². The fraction of sp³-hybridized carbons (Fsp3) is 0.200. The maximum absolute atomic E-state index is 9.69. The molecule has 0 aliphatic rings. The summed E-state index contributed by atoms with van der Waals surface area (Å²) in [6.45, 7) is 2.79. The first-order valence-electron chi connectivity index (χ1n) is 6.13. The van der Waals surface area contributed by atoms with E-state index in [0.29, 0.717) is 15.5 Å². The lowest BCUT2D eigenvalue weighted by atomic mass is 10.1. The topological polar surface area (TPSA) is 32.3 Å². The fourth-order valence-corrected chi connectivity index (χ4v) is 3.36. The summed E-state index contributed by atoms with van der Waals surface area (Å²) < 4.78 is 1.36. The second kappa shape index (κ2) is 6.94. The Morgan fingerprint density at radius 1 is 1.20 bits per heavy atom. The molecule has 2 rings (SSSR count). The van der Waals surface area contributed by atoms with Gasteiger partial charge in [0.25, 0.3) is 0 Å². The van der Waals surface area contributed by atoms with E-state index in [0.717, 1.165) is 16.1 Å². The van der Waals surface area contributed by atoms with E-state index < -0.39 is 0 Å². The summed E-state index contributed by atoms with van der Waals surface area (Å²) in [5.74, 6) is 0.219. The zero-order valence-corrected chi connectivity index (χ0v) is 14.8. The van der Waals surface area contributed by atoms with E-state index in [1.807, 2.05) is 36.4 Å². The predicted octanol–water partition coefficient (Wildman–Crippen LogP) is 5.42. The van der Waals surface area contributed by atoms with Crippen molar-refractivity contribution >= 4 is 43.5 Å². The van der Waals surface area contributed by atoms with Gasteiger partial charge in [0.05, 0.1) is 8.95 Å². The van der Waals surface area contributed by atoms with Crippen molar-refractivity contribution < 1.29 is 5.11 Å². The van der Waals surface area contributed by atoms with Gasteiger partial charge in [-0.25, -0.2) is 0 Å². The van der Waals surface area contributed by atoms with Crippen LogP contribution in [0, 0.1) is 0 Å². The van der Waals surface area contributed by atoms with Gasteiger partial charge in [0.2, 0.25) is 0 Å². The van der Waals surface area contributed by atoms with Crippen LogP contribution < -0.4 is 5.32 Å². The maximum atomic E-state index is 9.69. The molecule has 0 spiro atoms. The quantitative estimate of drug-likeness (QED) is 0.693. The first-order chi connectivity index (χ1) is 9.47. The molecule has 2 aromatic carbocycles. The highest BCUT2D eigenvalue weighted by Gasteiger charge is 2.08. The molecule has 2 N–H and O–H groups in total. The lowest BCUT2D eigenvalue weighted by Gasteiger charge is -2.15. The van der Waals surface area contributed by atoms with Crippen molar-refractivity contribution in [3.63, 3.8) is 0 Å². The molecule has 0 unspecified atom stereocenters. The number of rotatable bonds is 4. The predicted molar refractivity (Wildman–Crippen MR) is 90.2 cm³/mol. The third-order valence-electron chi connectivity index (χ3n) is 3.04. The van der Waals surface area contributed by atoms with Crippen molar-refractivity contribution in [1.82, 2.24) is 5.32 Å². The Kier molecular flexibility index (Phi) is 5.49. The molecule has 106 valence electrons.